The minimum absolute atomic E-state index is 0.500. The second-order valence-corrected chi connectivity index (χ2v) is 16.8. The van der Waals surface area contributed by atoms with Gasteiger partial charge in [0.05, 0.1) is 0 Å². The van der Waals surface area contributed by atoms with Gasteiger partial charge in [-0.05, 0) is 144 Å². The quantitative estimate of drug-likeness (QED) is 0.108. The Labute approximate surface area is 384 Å². The molecule has 0 aliphatic rings. The van der Waals surface area contributed by atoms with Gasteiger partial charge in [-0.15, -0.1) is 0 Å². The molecule has 0 radical (unpaired) electrons. The standard InChI is InChI=1S/C54H47N3.C5H12.C2H6/c1-5-15-49(16-6-2)56(50-31-27-45(28-32-50)43-17-9-7-10-18-43)53-23-13-21-47(39-53)41(3)25-26-42(4)48-22-14-24-54(40-48)57(52-35-37-55-38-36-52)51-33-29-46(30-34-51)44-19-11-8-12-20-44;1-5(2,3)4;1-2/h5-40H,1H2,2-4H3;1-4H3;1-2H3/b16-6-,41-25+,42-26+,49-15+;;. The molecule has 0 fully saturated rings. The van der Waals surface area contributed by atoms with Crippen molar-refractivity contribution in [2.24, 2.45) is 5.41 Å². The third-order valence-electron chi connectivity index (χ3n) is 9.97. The van der Waals surface area contributed by atoms with Gasteiger partial charge in [-0.2, -0.15) is 0 Å². The van der Waals surface area contributed by atoms with Crippen LogP contribution < -0.4 is 9.80 Å². The summed E-state index contributed by atoms with van der Waals surface area (Å²) < 4.78 is 0. The van der Waals surface area contributed by atoms with E-state index in [0.29, 0.717) is 5.41 Å². The van der Waals surface area contributed by atoms with Crippen LogP contribution in [0.3, 0.4) is 0 Å². The summed E-state index contributed by atoms with van der Waals surface area (Å²) >= 11 is 0. The van der Waals surface area contributed by atoms with Gasteiger partial charge in [-0.25, -0.2) is 0 Å². The first-order valence-electron chi connectivity index (χ1n) is 22.3. The molecule has 0 aliphatic carbocycles. The van der Waals surface area contributed by atoms with Gasteiger partial charge in [0.1, 0.15) is 0 Å². The fourth-order valence-corrected chi connectivity index (χ4v) is 6.97. The molecule has 0 unspecified atom stereocenters. The minimum atomic E-state index is 0.500. The first-order chi connectivity index (χ1) is 31.0. The number of nitrogens with zero attached hydrogens (tertiary/aromatic N) is 3. The average Bonchev–Trinajstić information content (AvgIpc) is 3.33. The van der Waals surface area contributed by atoms with Crippen molar-refractivity contribution in [3.05, 3.63) is 242 Å². The van der Waals surface area contributed by atoms with Crippen LogP contribution in [0.25, 0.3) is 33.4 Å². The second-order valence-electron chi connectivity index (χ2n) is 16.8. The Morgan fingerprint density at radius 2 is 0.906 bits per heavy atom. The molecule has 324 valence electrons. The molecule has 0 aliphatic heterocycles. The zero-order valence-electron chi connectivity index (χ0n) is 39.3. The van der Waals surface area contributed by atoms with Crippen LogP contribution in [0.1, 0.15) is 73.4 Å². The third-order valence-corrected chi connectivity index (χ3v) is 9.97. The number of anilines is 5. The van der Waals surface area contributed by atoms with Crippen LogP contribution >= 0.6 is 0 Å². The number of benzene rings is 6. The van der Waals surface area contributed by atoms with E-state index >= 15 is 0 Å². The van der Waals surface area contributed by atoms with Crippen molar-refractivity contribution in [3.8, 4) is 22.3 Å². The van der Waals surface area contributed by atoms with E-state index in [4.69, 9.17) is 0 Å². The van der Waals surface area contributed by atoms with Crippen molar-refractivity contribution in [1.29, 1.82) is 0 Å². The lowest BCUT2D eigenvalue weighted by atomic mass is 10.0. The Morgan fingerprint density at radius 3 is 1.38 bits per heavy atom. The molecular weight excluding hydrogens is 775 g/mol. The molecule has 0 amide bonds. The number of rotatable bonds is 13. The lowest BCUT2D eigenvalue weighted by Crippen LogP contribution is -2.15. The van der Waals surface area contributed by atoms with Gasteiger partial charge in [-0.3, -0.25) is 4.98 Å². The molecule has 0 saturated carbocycles. The van der Waals surface area contributed by atoms with E-state index < -0.39 is 0 Å². The minimum Gasteiger partial charge on any atom is -0.310 e. The van der Waals surface area contributed by atoms with E-state index in [0.717, 1.165) is 45.3 Å². The first-order valence-corrected chi connectivity index (χ1v) is 22.3. The van der Waals surface area contributed by atoms with Crippen molar-refractivity contribution >= 4 is 39.6 Å². The van der Waals surface area contributed by atoms with Crippen molar-refractivity contribution in [1.82, 2.24) is 4.98 Å². The summed E-state index contributed by atoms with van der Waals surface area (Å²) in [4.78, 5) is 8.86. The summed E-state index contributed by atoms with van der Waals surface area (Å²) in [5, 5.41) is 0. The van der Waals surface area contributed by atoms with E-state index in [9.17, 15) is 0 Å². The van der Waals surface area contributed by atoms with Crippen LogP contribution in [0.5, 0.6) is 0 Å². The van der Waals surface area contributed by atoms with Crippen molar-refractivity contribution < 1.29 is 0 Å². The van der Waals surface area contributed by atoms with Gasteiger partial charge in [0.25, 0.3) is 0 Å². The molecule has 0 spiro atoms. The van der Waals surface area contributed by atoms with Crippen molar-refractivity contribution in [3.63, 3.8) is 0 Å². The van der Waals surface area contributed by atoms with Crippen LogP contribution in [0, 0.1) is 5.41 Å². The maximum Gasteiger partial charge on any atom is 0.0492 e. The Balaban J connectivity index is 0.00000103. The number of hydrogen-bond donors (Lipinski definition) is 0. The van der Waals surface area contributed by atoms with Gasteiger partial charge >= 0.3 is 0 Å². The summed E-state index contributed by atoms with van der Waals surface area (Å²) in [5.41, 5.74) is 16.3. The number of pyridine rings is 1. The number of hydrogen-bond acceptors (Lipinski definition) is 3. The van der Waals surface area contributed by atoms with Crippen LogP contribution in [0.15, 0.2) is 231 Å². The monoisotopic (exact) mass is 840 g/mol. The highest BCUT2D eigenvalue weighted by atomic mass is 15.1. The van der Waals surface area contributed by atoms with E-state index in [1.807, 2.05) is 51.4 Å². The maximum absolute atomic E-state index is 4.29. The highest BCUT2D eigenvalue weighted by Crippen LogP contribution is 2.37. The smallest absolute Gasteiger partial charge is 0.0492 e. The summed E-state index contributed by atoms with van der Waals surface area (Å²) in [6.45, 7) is 23.2. The normalized spacial score (nSPS) is 11.8. The lowest BCUT2D eigenvalue weighted by molar-refractivity contribution is 0.469. The van der Waals surface area contributed by atoms with Gasteiger partial charge in [-0.1, -0.05) is 182 Å². The van der Waals surface area contributed by atoms with Crippen LogP contribution in [-0.2, 0) is 0 Å². The van der Waals surface area contributed by atoms with Crippen LogP contribution in [-0.4, -0.2) is 4.98 Å². The summed E-state index contributed by atoms with van der Waals surface area (Å²) in [6.07, 6.45) is 16.2. The SMILES string of the molecule is C=C/C=C(\C=C/C)N(c1ccc(-c2ccccc2)cc1)c1cccc(/C(C)=C/C=C(\C)c2cccc(N(c3ccncc3)c3ccc(-c4ccccc4)cc3)c2)c1.CC.CC(C)(C)C. The largest absolute Gasteiger partial charge is 0.310 e. The highest BCUT2D eigenvalue weighted by Gasteiger charge is 2.16. The average molecular weight is 840 g/mol. The predicted molar refractivity (Wildman–Crippen MR) is 282 cm³/mol. The molecule has 0 saturated heterocycles. The lowest BCUT2D eigenvalue weighted by Gasteiger charge is -2.27. The Hall–Kier alpha value is -7.23. The molecule has 7 aromatic rings. The molecule has 0 atom stereocenters. The molecule has 1 aromatic heterocycles. The molecule has 3 heteroatoms. The summed E-state index contributed by atoms with van der Waals surface area (Å²) in [6, 6.07) is 60.1. The van der Waals surface area contributed by atoms with Crippen molar-refractivity contribution in [2.75, 3.05) is 9.80 Å². The Kier molecular flexibility index (Phi) is 17.8. The molecule has 64 heavy (non-hydrogen) atoms. The first kappa shape index (κ1) is 47.8. The molecular formula is C61H65N3. The van der Waals surface area contributed by atoms with Gasteiger partial charge in [0.15, 0.2) is 0 Å². The van der Waals surface area contributed by atoms with E-state index in [2.05, 4.69) is 251 Å². The van der Waals surface area contributed by atoms with Gasteiger partial charge in [0, 0.05) is 46.5 Å². The molecule has 3 nitrogen and oxygen atoms in total. The van der Waals surface area contributed by atoms with E-state index in [1.54, 1.807) is 0 Å². The number of allylic oxidation sites excluding steroid dienone is 8. The molecule has 7 rings (SSSR count). The number of aromatic nitrogens is 1. The Morgan fingerprint density at radius 1 is 0.484 bits per heavy atom. The third kappa shape index (κ3) is 13.6. The zero-order valence-corrected chi connectivity index (χ0v) is 39.3. The van der Waals surface area contributed by atoms with E-state index in [-0.39, 0.29) is 0 Å². The van der Waals surface area contributed by atoms with Gasteiger partial charge in [0.2, 0.25) is 0 Å². The molecule has 0 N–H and O–H groups in total. The topological polar surface area (TPSA) is 19.4 Å². The second kappa shape index (κ2) is 23.8. The zero-order chi connectivity index (χ0) is 45.9. The predicted octanol–water partition coefficient (Wildman–Crippen LogP) is 18.3. The molecule has 0 bridgehead atoms. The van der Waals surface area contributed by atoms with E-state index in [1.165, 1.54) is 33.4 Å². The summed E-state index contributed by atoms with van der Waals surface area (Å²) in [5.74, 6) is 0. The Bertz CT molecular complexity index is 2620. The molecule has 6 aromatic carbocycles. The van der Waals surface area contributed by atoms with Gasteiger partial charge < -0.3 is 9.80 Å². The fourth-order valence-electron chi connectivity index (χ4n) is 6.97. The highest BCUT2D eigenvalue weighted by molar-refractivity contribution is 5.82. The fraction of sp³-hybridized carbons (Fsp3) is 0.164. The summed E-state index contributed by atoms with van der Waals surface area (Å²) in [7, 11) is 0. The maximum atomic E-state index is 4.29. The van der Waals surface area contributed by atoms with Crippen LogP contribution in [0.2, 0.25) is 0 Å². The van der Waals surface area contributed by atoms with Crippen LogP contribution in [0.4, 0.5) is 28.4 Å². The van der Waals surface area contributed by atoms with Crippen molar-refractivity contribution in [2.45, 2.75) is 62.3 Å². The molecule has 1 heterocycles.